The van der Waals surface area contributed by atoms with E-state index in [1.165, 1.54) is 0 Å². The first-order valence-electron chi connectivity index (χ1n) is 22.1. The van der Waals surface area contributed by atoms with Crippen molar-refractivity contribution in [1.29, 1.82) is 0 Å². The number of ether oxygens (including phenoxy) is 1. The molecule has 6 heterocycles. The monoisotopic (exact) mass is 865 g/mol. The number of para-hydroxylation sites is 3. The Labute approximate surface area is 378 Å². The number of aliphatic hydroxyl groups excluding tert-OH is 1. The average molecular weight is 866 g/mol. The number of rotatable bonds is 10. The van der Waals surface area contributed by atoms with Crippen LogP contribution in [0.1, 0.15) is 88.2 Å². The molecule has 12 heteroatoms. The Kier molecular flexibility index (Phi) is 13.3. The summed E-state index contributed by atoms with van der Waals surface area (Å²) in [5.41, 5.74) is 12.9. The van der Waals surface area contributed by atoms with Crippen LogP contribution in [0.15, 0.2) is 137 Å². The number of anilines is 1. The number of aldehydes is 1. The largest absolute Gasteiger partial charge is 0.433 e. The second kappa shape index (κ2) is 19.4. The molecule has 65 heavy (non-hydrogen) atoms. The van der Waals surface area contributed by atoms with Gasteiger partial charge in [0.15, 0.2) is 6.29 Å². The van der Waals surface area contributed by atoms with Crippen LogP contribution in [-0.2, 0) is 24.4 Å². The van der Waals surface area contributed by atoms with Crippen LogP contribution >= 0.6 is 0 Å². The zero-order valence-electron chi connectivity index (χ0n) is 37.3. The number of aromatic nitrogens is 4. The predicted molar refractivity (Wildman–Crippen MR) is 259 cm³/mol. The number of nitrogens with zero attached hydrogens (tertiary/aromatic N) is 4. The van der Waals surface area contributed by atoms with Gasteiger partial charge in [-0.3, -0.25) is 14.4 Å². The molecule has 0 radical (unpaired) electrons. The molecule has 0 bridgehead atoms. The minimum Gasteiger partial charge on any atom is -0.433 e. The van der Waals surface area contributed by atoms with Gasteiger partial charge in [0.2, 0.25) is 0 Å². The Morgan fingerprint density at radius 2 is 1.22 bits per heavy atom. The minimum atomic E-state index is -0.647. The zero-order chi connectivity index (χ0) is 45.8. The van der Waals surface area contributed by atoms with E-state index >= 15 is 0 Å². The van der Waals surface area contributed by atoms with Crippen LogP contribution in [0.2, 0.25) is 6.82 Å². The van der Waals surface area contributed by atoms with E-state index in [1.54, 1.807) is 42.6 Å². The summed E-state index contributed by atoms with van der Waals surface area (Å²) in [5, 5.41) is 24.1. The molecule has 0 spiro atoms. The number of fused-ring (bicyclic) bond motifs is 8. The first-order valence-corrected chi connectivity index (χ1v) is 22.1. The lowest BCUT2D eigenvalue weighted by Crippen LogP contribution is -2.24. The molecule has 0 amide bonds. The fraction of sp³-hybridized carbons (Fsp3) is 0.226. The first-order chi connectivity index (χ1) is 31.5. The van der Waals surface area contributed by atoms with E-state index in [0.29, 0.717) is 48.5 Å². The van der Waals surface area contributed by atoms with E-state index in [4.69, 9.17) is 19.7 Å². The van der Waals surface area contributed by atoms with Gasteiger partial charge >= 0.3 is 7.05 Å². The van der Waals surface area contributed by atoms with Crippen molar-refractivity contribution >= 4 is 40.8 Å². The molecule has 0 saturated carbocycles. The number of hydrogen-bond donors (Lipinski definition) is 3. The number of benzene rings is 4. The second-order valence-electron chi connectivity index (χ2n) is 16.5. The Morgan fingerprint density at radius 1 is 0.708 bits per heavy atom. The molecule has 2 atom stereocenters. The summed E-state index contributed by atoms with van der Waals surface area (Å²) in [5.74, 6) is 0. The first kappa shape index (κ1) is 44.6. The molecule has 4 aromatic heterocycles. The molecular weight excluding hydrogens is 813 g/mol. The third-order valence-electron chi connectivity index (χ3n) is 12.1. The van der Waals surface area contributed by atoms with Gasteiger partial charge in [-0.25, -0.2) is 9.97 Å². The lowest BCUT2D eigenvalue weighted by atomic mass is 9.88. The highest BCUT2D eigenvalue weighted by atomic mass is 16.5. The molecule has 0 aliphatic carbocycles. The van der Waals surface area contributed by atoms with Crippen molar-refractivity contribution in [3.63, 3.8) is 0 Å². The van der Waals surface area contributed by atoms with Crippen LogP contribution in [0.5, 0.6) is 0 Å². The van der Waals surface area contributed by atoms with E-state index in [0.717, 1.165) is 85.1 Å². The molecule has 2 aliphatic rings. The molecule has 2 unspecified atom stereocenters. The van der Waals surface area contributed by atoms with Gasteiger partial charge in [0, 0.05) is 44.3 Å². The van der Waals surface area contributed by atoms with E-state index in [-0.39, 0.29) is 17.2 Å². The molecule has 11 nitrogen and oxygen atoms in total. The fourth-order valence-corrected chi connectivity index (χ4v) is 8.64. The highest BCUT2D eigenvalue weighted by molar-refractivity contribution is 6.53. The third-order valence-corrected chi connectivity index (χ3v) is 12.1. The smallest absolute Gasteiger partial charge is 0.406 e. The van der Waals surface area contributed by atoms with Gasteiger partial charge in [0.1, 0.15) is 0 Å². The van der Waals surface area contributed by atoms with Gasteiger partial charge in [0.25, 0.3) is 11.1 Å². The van der Waals surface area contributed by atoms with Gasteiger partial charge in [-0.1, -0.05) is 92.7 Å². The second-order valence-corrected chi connectivity index (χ2v) is 16.5. The lowest BCUT2D eigenvalue weighted by molar-refractivity contribution is 0.0366. The average Bonchev–Trinajstić information content (AvgIpc) is 3.87. The van der Waals surface area contributed by atoms with E-state index in [9.17, 15) is 19.5 Å². The molecule has 0 fully saturated rings. The van der Waals surface area contributed by atoms with Crippen molar-refractivity contribution in [2.24, 2.45) is 0 Å². The van der Waals surface area contributed by atoms with Gasteiger partial charge in [-0.15, -0.1) is 0 Å². The van der Waals surface area contributed by atoms with Crippen molar-refractivity contribution < 1.29 is 19.7 Å². The molecule has 3 N–H and O–H groups in total. The van der Waals surface area contributed by atoms with Crippen LogP contribution in [0.4, 0.5) is 5.69 Å². The predicted octanol–water partition coefficient (Wildman–Crippen LogP) is 9.60. The normalized spacial score (nSPS) is 12.7. The Hall–Kier alpha value is -6.99. The molecule has 8 aromatic rings. The molecule has 328 valence electrons. The van der Waals surface area contributed by atoms with Crippen molar-refractivity contribution in [3.8, 4) is 22.8 Å². The highest BCUT2D eigenvalue weighted by Crippen LogP contribution is 2.36. The topological polar surface area (TPSA) is 149 Å². The van der Waals surface area contributed by atoms with Gasteiger partial charge in [-0.05, 0) is 98.7 Å². The molecule has 2 aliphatic heterocycles. The molecule has 0 saturated heterocycles. The number of aliphatic hydroxyl groups is 1. The van der Waals surface area contributed by atoms with Gasteiger partial charge in [-0.2, -0.15) is 0 Å². The number of carbonyl (C=O) groups excluding carboxylic acids is 1. The maximum atomic E-state index is 13.2. The lowest BCUT2D eigenvalue weighted by Gasteiger charge is -2.20. The number of pyridine rings is 4. The summed E-state index contributed by atoms with van der Waals surface area (Å²) in [6, 6.07) is 41.5. The number of hydrogen-bond acceptors (Lipinski definition) is 9. The van der Waals surface area contributed by atoms with Gasteiger partial charge in [0.05, 0.1) is 65.7 Å². The van der Waals surface area contributed by atoms with E-state index in [2.05, 4.69) is 48.5 Å². The minimum absolute atomic E-state index is 0.0351. The van der Waals surface area contributed by atoms with Crippen LogP contribution in [0.25, 0.3) is 44.6 Å². The zero-order valence-corrected chi connectivity index (χ0v) is 37.3. The summed E-state index contributed by atoms with van der Waals surface area (Å²) in [7, 11) is -0.647. The van der Waals surface area contributed by atoms with Crippen LogP contribution in [0, 0.1) is 13.8 Å². The maximum Gasteiger partial charge on any atom is 0.406 e. The summed E-state index contributed by atoms with van der Waals surface area (Å²) >= 11 is 0. The molecule has 4 aromatic carbocycles. The van der Waals surface area contributed by atoms with E-state index < -0.39 is 13.2 Å². The molecule has 10 rings (SSSR count). The van der Waals surface area contributed by atoms with Crippen molar-refractivity contribution in [1.82, 2.24) is 19.1 Å². The van der Waals surface area contributed by atoms with Crippen LogP contribution in [0.3, 0.4) is 0 Å². The Morgan fingerprint density at radius 3 is 1.75 bits per heavy atom. The SMILES string of the molecule is CB(O)Nc1ccccc1C=O.CCC(O)c1cc2n(c(=O)c1C)Cc1cc3ccccc3nc1-2.CCC(OCc1ccccc1)c1cc2n(c(=O)c1C)Cc1cc3ccccc3nc1-2. The quantitative estimate of drug-likeness (QED) is 0.0903. The van der Waals surface area contributed by atoms with Gasteiger partial charge < -0.3 is 29.2 Å². The fourth-order valence-electron chi connectivity index (χ4n) is 8.64. The summed E-state index contributed by atoms with van der Waals surface area (Å²) in [4.78, 5) is 46.0. The Bertz CT molecular complexity index is 3170. The number of carbonyl (C=O) groups is 1. The Balaban J connectivity index is 0.000000145. The molecular formula is C53H52BN5O6. The van der Waals surface area contributed by atoms with Crippen molar-refractivity contribution in [2.45, 2.75) is 79.3 Å². The van der Waals surface area contributed by atoms with Crippen LogP contribution in [-0.4, -0.2) is 42.6 Å². The summed E-state index contributed by atoms with van der Waals surface area (Å²) in [6.07, 6.45) is 1.40. The highest BCUT2D eigenvalue weighted by Gasteiger charge is 2.27. The summed E-state index contributed by atoms with van der Waals surface area (Å²) < 4.78 is 9.86. The summed E-state index contributed by atoms with van der Waals surface area (Å²) in [6.45, 7) is 10.9. The van der Waals surface area contributed by atoms with E-state index in [1.807, 2.05) is 85.1 Å². The number of nitrogens with one attached hydrogen (secondary N) is 1. The van der Waals surface area contributed by atoms with Crippen LogP contribution < -0.4 is 16.3 Å². The maximum absolute atomic E-state index is 13.2. The standard InChI is InChI=1S/C26H24N2O2.C19H18N2O2.C8H10BNO2/c1-3-24(30-16-18-9-5-4-6-10-18)21-14-23-25-20(15-28(23)26(29)17(21)2)13-19-11-7-8-12-22(19)27-25;1-3-17(22)14-9-16-18-13(10-21(16)19(23)11(14)2)8-12-6-4-5-7-15(12)20-18;1-9(12)10-8-5-3-2-4-7(8)6-11/h4-14,24H,3,15-16H2,1-2H3;4-9,17,22H,3,10H2,1-2H3;2-6,10,12H,1H3. The third kappa shape index (κ3) is 9.19. The van der Waals surface area contributed by atoms with Crippen molar-refractivity contribution in [3.05, 3.63) is 193 Å². The van der Waals surface area contributed by atoms with Crippen molar-refractivity contribution in [2.75, 3.05) is 5.23 Å².